The predicted octanol–water partition coefficient (Wildman–Crippen LogP) is 1.06. The highest BCUT2D eigenvalue weighted by atomic mass is 16.2. The molecule has 1 rings (SSSR count). The van der Waals surface area contributed by atoms with Gasteiger partial charge in [-0.2, -0.15) is 0 Å². The lowest BCUT2D eigenvalue weighted by Gasteiger charge is -2.21. The van der Waals surface area contributed by atoms with Crippen LogP contribution in [0.3, 0.4) is 0 Å². The first-order valence-electron chi connectivity index (χ1n) is 6.42. The van der Waals surface area contributed by atoms with Gasteiger partial charge in [-0.1, -0.05) is 6.07 Å². The van der Waals surface area contributed by atoms with Gasteiger partial charge in [0.2, 0.25) is 5.91 Å². The van der Waals surface area contributed by atoms with Crippen molar-refractivity contribution in [1.29, 1.82) is 0 Å². The average molecular weight is 264 g/mol. The van der Waals surface area contributed by atoms with Crippen LogP contribution in [0, 0.1) is 0 Å². The second-order valence-corrected chi connectivity index (χ2v) is 5.12. The molecule has 1 aromatic heterocycles. The summed E-state index contributed by atoms with van der Waals surface area (Å²) < 4.78 is 0. The number of carbonyl (C=O) groups excluding carboxylic acids is 1. The molecule has 0 aliphatic heterocycles. The second-order valence-electron chi connectivity index (χ2n) is 5.12. The van der Waals surface area contributed by atoms with E-state index in [0.717, 1.165) is 24.5 Å². The molecular formula is C14H24N4O. The third-order valence-electron chi connectivity index (χ3n) is 3.04. The Morgan fingerprint density at radius 2 is 1.84 bits per heavy atom. The van der Waals surface area contributed by atoms with Crippen LogP contribution in [0.25, 0.3) is 0 Å². The summed E-state index contributed by atoms with van der Waals surface area (Å²) in [5.41, 5.74) is 1.04. The average Bonchev–Trinajstić information content (AvgIpc) is 2.36. The number of amides is 1. The number of rotatable bonds is 6. The summed E-state index contributed by atoms with van der Waals surface area (Å²) in [6, 6.07) is 4.02. The van der Waals surface area contributed by atoms with Crippen LogP contribution in [-0.2, 0) is 11.3 Å². The summed E-state index contributed by atoms with van der Waals surface area (Å²) in [5.74, 6) is 1.02. The van der Waals surface area contributed by atoms with E-state index in [1.807, 2.05) is 25.4 Å². The predicted molar refractivity (Wildman–Crippen MR) is 78.2 cm³/mol. The molecule has 0 aromatic carbocycles. The number of hydrogen-bond donors (Lipinski definition) is 0. The van der Waals surface area contributed by atoms with Crippen LogP contribution < -0.4 is 4.90 Å². The summed E-state index contributed by atoms with van der Waals surface area (Å²) in [6.07, 6.45) is 1.83. The minimum atomic E-state index is 0.0622. The maximum Gasteiger partial charge on any atom is 0.219 e. The lowest BCUT2D eigenvalue weighted by atomic mass is 10.2. The number of carbonyl (C=O) groups is 1. The number of pyridine rings is 1. The van der Waals surface area contributed by atoms with E-state index >= 15 is 0 Å². The van der Waals surface area contributed by atoms with Gasteiger partial charge < -0.3 is 14.7 Å². The molecule has 0 spiro atoms. The highest BCUT2D eigenvalue weighted by Crippen LogP contribution is 2.10. The first-order valence-corrected chi connectivity index (χ1v) is 6.42. The van der Waals surface area contributed by atoms with Gasteiger partial charge in [-0.15, -0.1) is 0 Å². The fraction of sp³-hybridized carbons (Fsp3) is 0.571. The number of anilines is 1. The number of likely N-dealkylation sites (N-methyl/N-ethyl adjacent to an activating group) is 2. The van der Waals surface area contributed by atoms with Gasteiger partial charge in [-0.25, -0.2) is 4.98 Å². The SMILES string of the molecule is CC(=O)N(C)Cc1ccc(N(C)CCN(C)C)nc1. The topological polar surface area (TPSA) is 39.7 Å². The Morgan fingerprint density at radius 1 is 1.16 bits per heavy atom. The van der Waals surface area contributed by atoms with Gasteiger partial charge in [0, 0.05) is 46.9 Å². The van der Waals surface area contributed by atoms with E-state index in [4.69, 9.17) is 0 Å². The standard InChI is InChI=1S/C14H24N4O/c1-12(19)18(5)11-13-6-7-14(15-10-13)17(4)9-8-16(2)3/h6-7,10H,8-9,11H2,1-5H3. The Bertz CT molecular complexity index is 402. The van der Waals surface area contributed by atoms with Crippen LogP contribution in [0.15, 0.2) is 18.3 Å². The molecule has 106 valence electrons. The van der Waals surface area contributed by atoms with Crippen LogP contribution in [0.1, 0.15) is 12.5 Å². The van der Waals surface area contributed by atoms with E-state index in [1.54, 1.807) is 18.9 Å². The Kier molecular flexibility index (Phi) is 5.76. The van der Waals surface area contributed by atoms with Crippen molar-refractivity contribution in [3.8, 4) is 0 Å². The van der Waals surface area contributed by atoms with Crippen molar-refractivity contribution in [3.63, 3.8) is 0 Å². The Morgan fingerprint density at radius 3 is 2.32 bits per heavy atom. The molecule has 19 heavy (non-hydrogen) atoms. The third-order valence-corrected chi connectivity index (χ3v) is 3.04. The molecule has 5 nitrogen and oxygen atoms in total. The number of nitrogens with zero attached hydrogens (tertiary/aromatic N) is 4. The molecule has 0 N–H and O–H groups in total. The molecule has 5 heteroatoms. The quantitative estimate of drug-likeness (QED) is 0.770. The monoisotopic (exact) mass is 264 g/mol. The van der Waals surface area contributed by atoms with E-state index in [0.29, 0.717) is 6.54 Å². The number of aromatic nitrogens is 1. The smallest absolute Gasteiger partial charge is 0.219 e. The molecule has 0 aliphatic carbocycles. The third kappa shape index (κ3) is 5.26. The molecule has 0 unspecified atom stereocenters. The van der Waals surface area contributed by atoms with Gasteiger partial charge in [0.25, 0.3) is 0 Å². The van der Waals surface area contributed by atoms with Gasteiger partial charge in [0.15, 0.2) is 0 Å². The molecule has 0 saturated carbocycles. The van der Waals surface area contributed by atoms with E-state index in [9.17, 15) is 4.79 Å². The number of hydrogen-bond acceptors (Lipinski definition) is 4. The van der Waals surface area contributed by atoms with Gasteiger partial charge in [0.05, 0.1) is 0 Å². The first-order chi connectivity index (χ1) is 8.90. The molecule has 0 bridgehead atoms. The summed E-state index contributed by atoms with van der Waals surface area (Å²) in [5, 5.41) is 0. The highest BCUT2D eigenvalue weighted by molar-refractivity contribution is 5.72. The minimum Gasteiger partial charge on any atom is -0.358 e. The summed E-state index contributed by atoms with van der Waals surface area (Å²) in [6.45, 7) is 4.10. The molecule has 0 atom stereocenters. The summed E-state index contributed by atoms with van der Waals surface area (Å²) in [4.78, 5) is 21.5. The van der Waals surface area contributed by atoms with E-state index < -0.39 is 0 Å². The van der Waals surface area contributed by atoms with Crippen LogP contribution in [0.4, 0.5) is 5.82 Å². The zero-order valence-electron chi connectivity index (χ0n) is 12.6. The first kappa shape index (κ1) is 15.4. The van der Waals surface area contributed by atoms with Gasteiger partial charge >= 0.3 is 0 Å². The Hall–Kier alpha value is -1.62. The van der Waals surface area contributed by atoms with Gasteiger partial charge in [-0.05, 0) is 25.7 Å². The largest absolute Gasteiger partial charge is 0.358 e. The normalized spacial score (nSPS) is 10.6. The molecule has 0 radical (unpaired) electrons. The Labute approximate surface area is 115 Å². The maximum atomic E-state index is 11.2. The Balaban J connectivity index is 2.58. The molecule has 0 aliphatic rings. The molecule has 0 saturated heterocycles. The lowest BCUT2D eigenvalue weighted by molar-refractivity contribution is -0.128. The van der Waals surface area contributed by atoms with Crippen molar-refractivity contribution in [2.75, 3.05) is 46.2 Å². The molecule has 1 heterocycles. The van der Waals surface area contributed by atoms with Crippen LogP contribution >= 0.6 is 0 Å². The van der Waals surface area contributed by atoms with Gasteiger partial charge in [0.1, 0.15) is 5.82 Å². The van der Waals surface area contributed by atoms with Crippen molar-refractivity contribution in [1.82, 2.24) is 14.8 Å². The van der Waals surface area contributed by atoms with Crippen LogP contribution in [0.5, 0.6) is 0 Å². The van der Waals surface area contributed by atoms with Crippen molar-refractivity contribution >= 4 is 11.7 Å². The molecule has 1 aromatic rings. The molecule has 1 amide bonds. The maximum absolute atomic E-state index is 11.2. The lowest BCUT2D eigenvalue weighted by Crippen LogP contribution is -2.29. The highest BCUT2D eigenvalue weighted by Gasteiger charge is 2.06. The van der Waals surface area contributed by atoms with E-state index in [2.05, 4.69) is 28.9 Å². The second kappa shape index (κ2) is 7.09. The zero-order valence-corrected chi connectivity index (χ0v) is 12.6. The van der Waals surface area contributed by atoms with E-state index in [-0.39, 0.29) is 5.91 Å². The fourth-order valence-corrected chi connectivity index (χ4v) is 1.59. The molecular weight excluding hydrogens is 240 g/mol. The van der Waals surface area contributed by atoms with E-state index in [1.165, 1.54) is 0 Å². The van der Waals surface area contributed by atoms with Crippen molar-refractivity contribution in [3.05, 3.63) is 23.9 Å². The van der Waals surface area contributed by atoms with Crippen molar-refractivity contribution < 1.29 is 4.79 Å². The zero-order chi connectivity index (χ0) is 14.4. The summed E-state index contributed by atoms with van der Waals surface area (Å²) >= 11 is 0. The van der Waals surface area contributed by atoms with Crippen LogP contribution in [0.2, 0.25) is 0 Å². The van der Waals surface area contributed by atoms with Crippen molar-refractivity contribution in [2.24, 2.45) is 0 Å². The van der Waals surface area contributed by atoms with Crippen molar-refractivity contribution in [2.45, 2.75) is 13.5 Å². The van der Waals surface area contributed by atoms with Gasteiger partial charge in [-0.3, -0.25) is 4.79 Å². The van der Waals surface area contributed by atoms with Crippen LogP contribution in [-0.4, -0.2) is 62.0 Å². The minimum absolute atomic E-state index is 0.0622. The summed E-state index contributed by atoms with van der Waals surface area (Å²) in [7, 11) is 7.94. The fourth-order valence-electron chi connectivity index (χ4n) is 1.59. The molecule has 0 fully saturated rings.